The van der Waals surface area contributed by atoms with E-state index in [2.05, 4.69) is 24.3 Å². The van der Waals surface area contributed by atoms with Crippen molar-refractivity contribution in [2.75, 3.05) is 0 Å². The molecule has 31 heavy (non-hydrogen) atoms. The van der Waals surface area contributed by atoms with Crippen LogP contribution in [0.25, 0.3) is 16.8 Å². The number of piperidine rings is 1. The lowest BCUT2D eigenvalue weighted by molar-refractivity contribution is -0.137. The van der Waals surface area contributed by atoms with Gasteiger partial charge in [-0.25, -0.2) is 13.9 Å². The Morgan fingerprint density at radius 2 is 1.74 bits per heavy atom. The molecule has 0 radical (unpaired) electrons. The molecule has 3 aromatic rings. The van der Waals surface area contributed by atoms with Crippen molar-refractivity contribution >= 4 is 28.6 Å². The van der Waals surface area contributed by atoms with Crippen LogP contribution in [0.2, 0.25) is 0 Å². The van der Waals surface area contributed by atoms with Gasteiger partial charge in [0.1, 0.15) is 13.1 Å². The van der Waals surface area contributed by atoms with E-state index in [1.165, 1.54) is 4.40 Å². The van der Waals surface area contributed by atoms with Gasteiger partial charge in [0, 0.05) is 18.1 Å². The van der Waals surface area contributed by atoms with Crippen molar-refractivity contribution in [2.24, 2.45) is 0 Å². The Morgan fingerprint density at radius 3 is 2.39 bits per heavy atom. The van der Waals surface area contributed by atoms with Crippen LogP contribution in [0.5, 0.6) is 0 Å². The van der Waals surface area contributed by atoms with Gasteiger partial charge in [0.15, 0.2) is 0 Å². The van der Waals surface area contributed by atoms with E-state index in [4.69, 9.17) is 0 Å². The van der Waals surface area contributed by atoms with Crippen LogP contribution >= 0.6 is 0 Å². The molecule has 1 aromatic carbocycles. The van der Waals surface area contributed by atoms with E-state index in [0.29, 0.717) is 11.3 Å². The number of imidazole rings is 1. The van der Waals surface area contributed by atoms with Crippen LogP contribution in [-0.2, 0) is 22.7 Å². The number of amides is 2. The highest BCUT2D eigenvalue weighted by Crippen LogP contribution is 2.24. The molecule has 0 bridgehead atoms. The van der Waals surface area contributed by atoms with Gasteiger partial charge < -0.3 is 10.2 Å². The smallest absolute Gasteiger partial charge is 0.352 e. The third kappa shape index (κ3) is 3.84. The largest absolute Gasteiger partial charge is 0.352 e. The first-order chi connectivity index (χ1) is 14.8. The maximum Gasteiger partial charge on any atom is 0.352 e. The maximum absolute atomic E-state index is 13.3. The van der Waals surface area contributed by atoms with Crippen molar-refractivity contribution in [1.82, 2.24) is 29.0 Å². The van der Waals surface area contributed by atoms with Gasteiger partial charge in [0.25, 0.3) is 0 Å². The molecule has 1 saturated heterocycles. The van der Waals surface area contributed by atoms with Crippen LogP contribution in [0, 0.1) is 0 Å². The van der Waals surface area contributed by atoms with Crippen LogP contribution < -0.4 is 11.0 Å². The van der Waals surface area contributed by atoms with Gasteiger partial charge in [0.05, 0.1) is 11.0 Å². The molecule has 0 saturated carbocycles. The fourth-order valence-electron chi connectivity index (χ4n) is 4.66. The summed E-state index contributed by atoms with van der Waals surface area (Å²) in [5.41, 5.74) is 1.05. The second-order valence-electron chi connectivity index (χ2n) is 8.80. The van der Waals surface area contributed by atoms with Crippen molar-refractivity contribution in [2.45, 2.75) is 78.2 Å². The van der Waals surface area contributed by atoms with E-state index in [1.807, 2.05) is 43.0 Å². The quantitative estimate of drug-likeness (QED) is 0.673. The fraction of sp³-hybridized carbons (Fsp3) is 0.545. The molecule has 166 valence electrons. The molecule has 4 rings (SSSR count). The Morgan fingerprint density at radius 1 is 1.10 bits per heavy atom. The van der Waals surface area contributed by atoms with Gasteiger partial charge in [-0.15, -0.1) is 5.10 Å². The highest BCUT2D eigenvalue weighted by molar-refractivity contribution is 5.85. The maximum atomic E-state index is 13.3. The van der Waals surface area contributed by atoms with E-state index >= 15 is 0 Å². The Hall–Kier alpha value is -3.10. The lowest BCUT2D eigenvalue weighted by atomic mass is 9.97. The number of carbonyl (C=O) groups excluding carboxylic acids is 2. The van der Waals surface area contributed by atoms with Gasteiger partial charge in [-0.05, 0) is 59.1 Å². The molecule has 9 heteroatoms. The number of fused-ring (bicyclic) bond motifs is 3. The number of aromatic nitrogens is 4. The molecule has 1 aliphatic rings. The molecule has 0 spiro atoms. The molecule has 1 N–H and O–H groups in total. The van der Waals surface area contributed by atoms with Crippen molar-refractivity contribution in [3.63, 3.8) is 0 Å². The monoisotopic (exact) mass is 426 g/mol. The number of hydrogen-bond acceptors (Lipinski definition) is 4. The lowest BCUT2D eigenvalue weighted by Gasteiger charge is -2.39. The topological polar surface area (TPSA) is 93.6 Å². The normalized spacial score (nSPS) is 19.5. The second-order valence-corrected chi connectivity index (χ2v) is 8.80. The van der Waals surface area contributed by atoms with Crippen LogP contribution in [0.3, 0.4) is 0 Å². The highest BCUT2D eigenvalue weighted by atomic mass is 16.2. The number of nitrogens with zero attached hydrogens (tertiary/aromatic N) is 5. The third-order valence-electron chi connectivity index (χ3n) is 6.00. The number of hydrogen-bond donors (Lipinski definition) is 1. The summed E-state index contributed by atoms with van der Waals surface area (Å²) in [7, 11) is 0. The molecule has 0 aliphatic carbocycles. The minimum Gasteiger partial charge on any atom is -0.352 e. The summed E-state index contributed by atoms with van der Waals surface area (Å²) in [5.74, 6) is 0.109. The molecule has 3 heterocycles. The molecule has 9 nitrogen and oxygen atoms in total. The SMILES string of the molecule is CC(C)NC(=O)Cn1nc2n(CC(=O)N3[C@@H](C)CCC[C@@H]3C)c3ccccc3n2c1=O. The first kappa shape index (κ1) is 21.1. The zero-order chi connectivity index (χ0) is 22.3. The average Bonchev–Trinajstić information content (AvgIpc) is 3.16. The average molecular weight is 427 g/mol. The summed E-state index contributed by atoms with van der Waals surface area (Å²) in [6.07, 6.45) is 3.12. The number of benzene rings is 1. The zero-order valence-corrected chi connectivity index (χ0v) is 18.5. The van der Waals surface area contributed by atoms with Crippen molar-refractivity contribution in [1.29, 1.82) is 0 Å². The van der Waals surface area contributed by atoms with Crippen molar-refractivity contribution in [3.8, 4) is 0 Å². The molecule has 0 unspecified atom stereocenters. The Labute approximate surface area is 180 Å². The molecular formula is C22H30N6O3. The first-order valence-corrected chi connectivity index (χ1v) is 10.9. The van der Waals surface area contributed by atoms with E-state index in [9.17, 15) is 14.4 Å². The van der Waals surface area contributed by atoms with Gasteiger partial charge in [-0.3, -0.25) is 14.2 Å². The number of carbonyl (C=O) groups is 2. The van der Waals surface area contributed by atoms with E-state index in [0.717, 1.165) is 29.5 Å². The summed E-state index contributed by atoms with van der Waals surface area (Å²) in [4.78, 5) is 40.5. The lowest BCUT2D eigenvalue weighted by Crippen LogP contribution is -2.48. The summed E-state index contributed by atoms with van der Waals surface area (Å²) in [5, 5.41) is 7.21. The second kappa shape index (κ2) is 8.20. The predicted molar refractivity (Wildman–Crippen MR) is 118 cm³/mol. The van der Waals surface area contributed by atoms with Crippen LogP contribution in [0.15, 0.2) is 29.1 Å². The summed E-state index contributed by atoms with van der Waals surface area (Å²) >= 11 is 0. The van der Waals surface area contributed by atoms with Crippen molar-refractivity contribution in [3.05, 3.63) is 34.7 Å². The standard InChI is InChI=1S/C22H30N6O3/c1-14(2)23-19(29)12-26-22(31)28-18-11-6-5-10-17(18)25(21(28)24-26)13-20(30)27-15(3)8-7-9-16(27)4/h5-6,10-11,14-16H,7-9,12-13H2,1-4H3,(H,23,29)/t15-,16-/m0/s1. The van der Waals surface area contributed by atoms with Gasteiger partial charge in [-0.1, -0.05) is 12.1 Å². The molecule has 1 aliphatic heterocycles. The Bertz CT molecular complexity index is 1180. The van der Waals surface area contributed by atoms with Crippen LogP contribution in [0.1, 0.15) is 47.0 Å². The van der Waals surface area contributed by atoms with Crippen LogP contribution in [0.4, 0.5) is 0 Å². The summed E-state index contributed by atoms with van der Waals surface area (Å²) in [6, 6.07) is 7.79. The number of nitrogens with one attached hydrogen (secondary N) is 1. The highest BCUT2D eigenvalue weighted by Gasteiger charge is 2.30. The number of rotatable bonds is 5. The number of para-hydroxylation sites is 2. The van der Waals surface area contributed by atoms with E-state index in [-0.39, 0.29) is 43.0 Å². The molecule has 1 fully saturated rings. The van der Waals surface area contributed by atoms with Crippen LogP contribution in [-0.4, -0.2) is 53.6 Å². The first-order valence-electron chi connectivity index (χ1n) is 10.9. The molecular weight excluding hydrogens is 396 g/mol. The third-order valence-corrected chi connectivity index (χ3v) is 6.00. The minimum atomic E-state index is -0.393. The van der Waals surface area contributed by atoms with E-state index in [1.54, 1.807) is 4.57 Å². The summed E-state index contributed by atoms with van der Waals surface area (Å²) < 4.78 is 4.42. The van der Waals surface area contributed by atoms with Gasteiger partial charge >= 0.3 is 5.69 Å². The predicted octanol–water partition coefficient (Wildman–Crippen LogP) is 1.76. The number of likely N-dealkylation sites (tertiary alicyclic amines) is 1. The van der Waals surface area contributed by atoms with Gasteiger partial charge in [0.2, 0.25) is 17.6 Å². The summed E-state index contributed by atoms with van der Waals surface area (Å²) in [6.45, 7) is 7.83. The molecule has 2 aromatic heterocycles. The zero-order valence-electron chi connectivity index (χ0n) is 18.5. The Balaban J connectivity index is 1.75. The molecule has 2 amide bonds. The fourth-order valence-corrected chi connectivity index (χ4v) is 4.66. The van der Waals surface area contributed by atoms with Crippen molar-refractivity contribution < 1.29 is 9.59 Å². The minimum absolute atomic E-state index is 0.0162. The molecule has 2 atom stereocenters. The van der Waals surface area contributed by atoms with E-state index < -0.39 is 5.69 Å². The Kier molecular flexibility index (Phi) is 5.60. The van der Waals surface area contributed by atoms with Gasteiger partial charge in [-0.2, -0.15) is 0 Å².